The van der Waals surface area contributed by atoms with Crippen LogP contribution in [-0.4, -0.2) is 31.2 Å². The summed E-state index contributed by atoms with van der Waals surface area (Å²) in [6.07, 6.45) is 2.39. The molecule has 0 bridgehead atoms. The fourth-order valence-corrected chi connectivity index (χ4v) is 9.46. The molecule has 0 saturated heterocycles. The van der Waals surface area contributed by atoms with E-state index in [1.165, 1.54) is 10.4 Å². The van der Waals surface area contributed by atoms with Gasteiger partial charge in [-0.05, 0) is 21.0 Å². The Labute approximate surface area is 212 Å². The van der Waals surface area contributed by atoms with Crippen molar-refractivity contribution in [2.24, 2.45) is 11.8 Å². The summed E-state index contributed by atoms with van der Waals surface area (Å²) < 4.78 is 7.00. The van der Waals surface area contributed by atoms with Crippen LogP contribution in [0.2, 0.25) is 5.04 Å². The first-order valence-electron chi connectivity index (χ1n) is 12.5. The Balaban J connectivity index is 1.80. The molecule has 4 atom stereocenters. The summed E-state index contributed by atoms with van der Waals surface area (Å²) in [5.41, 5.74) is 0.841. The largest absolute Gasteiger partial charge is 0.407 e. The Morgan fingerprint density at radius 1 is 0.743 bits per heavy atom. The minimum atomic E-state index is -2.64. The van der Waals surface area contributed by atoms with Crippen LogP contribution < -0.4 is 10.4 Å². The van der Waals surface area contributed by atoms with Gasteiger partial charge in [0.2, 0.25) is 0 Å². The highest BCUT2D eigenvalue weighted by atomic mass is 28.4. The summed E-state index contributed by atoms with van der Waals surface area (Å²) in [7, 11) is -2.64. The Morgan fingerprint density at radius 3 is 1.66 bits per heavy atom. The molecule has 0 radical (unpaired) electrons. The molecule has 0 heterocycles. The molecule has 0 saturated carbocycles. The van der Waals surface area contributed by atoms with Crippen molar-refractivity contribution >= 4 is 18.7 Å². The van der Waals surface area contributed by atoms with Crippen LogP contribution in [0.5, 0.6) is 0 Å². The van der Waals surface area contributed by atoms with E-state index in [0.29, 0.717) is 6.61 Å². The predicted octanol–water partition coefficient (Wildman–Crippen LogP) is 5.49. The average molecular weight is 489 g/mol. The fourth-order valence-electron chi connectivity index (χ4n) is 4.79. The van der Waals surface area contributed by atoms with Crippen molar-refractivity contribution in [2.75, 3.05) is 6.61 Å². The van der Waals surface area contributed by atoms with Gasteiger partial charge in [0.05, 0.1) is 12.2 Å². The third-order valence-corrected chi connectivity index (χ3v) is 11.8. The summed E-state index contributed by atoms with van der Waals surface area (Å²) in [5, 5.41) is 23.9. The molecule has 0 aliphatic heterocycles. The van der Waals surface area contributed by atoms with Crippen LogP contribution in [0.1, 0.15) is 46.3 Å². The van der Waals surface area contributed by atoms with Crippen LogP contribution in [0.4, 0.5) is 0 Å². The van der Waals surface area contributed by atoms with Gasteiger partial charge in [0.1, 0.15) is 0 Å². The van der Waals surface area contributed by atoms with Gasteiger partial charge in [-0.25, -0.2) is 0 Å². The third-order valence-electron chi connectivity index (χ3n) is 6.84. The van der Waals surface area contributed by atoms with Crippen molar-refractivity contribution < 1.29 is 14.6 Å². The SMILES string of the molecule is C[C@H](/C=C/[C@@H](O)c1ccccc1)[C@@H](O)[C@@H](C)CO[Si](c1ccccc1)(c1ccccc1)C(C)(C)C. The molecule has 3 nitrogen and oxygen atoms in total. The van der Waals surface area contributed by atoms with E-state index in [1.54, 1.807) is 6.08 Å². The van der Waals surface area contributed by atoms with E-state index in [0.717, 1.165) is 5.56 Å². The van der Waals surface area contributed by atoms with Crippen LogP contribution in [0.25, 0.3) is 0 Å². The van der Waals surface area contributed by atoms with E-state index in [4.69, 9.17) is 4.43 Å². The van der Waals surface area contributed by atoms with Crippen LogP contribution in [0.15, 0.2) is 103 Å². The lowest BCUT2D eigenvalue weighted by atomic mass is 9.93. The Hall–Kier alpha value is -2.50. The first kappa shape index (κ1) is 27.1. The molecule has 4 heteroatoms. The molecule has 0 unspecified atom stereocenters. The zero-order valence-corrected chi connectivity index (χ0v) is 22.6. The molecular formula is C31H40O3Si. The summed E-state index contributed by atoms with van der Waals surface area (Å²) in [6.45, 7) is 11.3. The van der Waals surface area contributed by atoms with Gasteiger partial charge in [-0.2, -0.15) is 0 Å². The second kappa shape index (κ2) is 12.0. The topological polar surface area (TPSA) is 49.7 Å². The molecule has 3 aromatic carbocycles. The van der Waals surface area contributed by atoms with E-state index in [1.807, 2.05) is 62.4 Å². The molecule has 0 aliphatic carbocycles. The molecule has 0 aliphatic rings. The predicted molar refractivity (Wildman–Crippen MR) is 148 cm³/mol. The zero-order chi connectivity index (χ0) is 25.5. The van der Waals surface area contributed by atoms with E-state index < -0.39 is 20.5 Å². The van der Waals surface area contributed by atoms with Gasteiger partial charge in [-0.3, -0.25) is 0 Å². The maximum atomic E-state index is 11.1. The minimum absolute atomic E-state index is 0.0785. The number of benzene rings is 3. The molecule has 0 spiro atoms. The Morgan fingerprint density at radius 2 is 1.20 bits per heavy atom. The van der Waals surface area contributed by atoms with Crippen molar-refractivity contribution in [2.45, 2.75) is 51.9 Å². The Kier molecular flexibility index (Phi) is 9.25. The van der Waals surface area contributed by atoms with Gasteiger partial charge in [0.15, 0.2) is 0 Å². The number of rotatable bonds is 10. The third kappa shape index (κ3) is 6.39. The van der Waals surface area contributed by atoms with Crippen LogP contribution >= 0.6 is 0 Å². The van der Waals surface area contributed by atoms with E-state index in [9.17, 15) is 10.2 Å². The van der Waals surface area contributed by atoms with Crippen LogP contribution in [0, 0.1) is 11.8 Å². The zero-order valence-electron chi connectivity index (χ0n) is 21.6. The summed E-state index contributed by atoms with van der Waals surface area (Å²) in [4.78, 5) is 0. The average Bonchev–Trinajstić information content (AvgIpc) is 2.87. The maximum Gasteiger partial charge on any atom is 0.261 e. The Bertz CT molecular complexity index is 1010. The first-order chi connectivity index (χ1) is 16.7. The summed E-state index contributed by atoms with van der Waals surface area (Å²) in [6, 6.07) is 30.7. The van der Waals surface area contributed by atoms with E-state index in [-0.39, 0.29) is 16.9 Å². The molecular weight excluding hydrogens is 448 g/mol. The van der Waals surface area contributed by atoms with Crippen molar-refractivity contribution in [3.05, 3.63) is 109 Å². The van der Waals surface area contributed by atoms with Gasteiger partial charge >= 0.3 is 0 Å². The standard InChI is InChI=1S/C31H40O3Si/c1-24(21-22-29(32)26-15-9-6-10-16-26)30(33)25(2)23-34-35(31(3,4)5,27-17-11-7-12-18-27)28-19-13-8-14-20-28/h6-22,24-25,29-30,32-33H,23H2,1-5H3/b22-21+/t24-,25+,29-,30-/m1/s1. The van der Waals surface area contributed by atoms with Crippen molar-refractivity contribution in [1.82, 2.24) is 0 Å². The number of hydrogen-bond donors (Lipinski definition) is 2. The number of aliphatic hydroxyl groups is 2. The lowest BCUT2D eigenvalue weighted by molar-refractivity contribution is 0.0546. The summed E-state index contributed by atoms with van der Waals surface area (Å²) in [5.74, 6) is -0.198. The molecule has 3 rings (SSSR count). The number of aliphatic hydroxyl groups excluding tert-OH is 2. The van der Waals surface area contributed by atoms with Crippen LogP contribution in [0.3, 0.4) is 0 Å². The van der Waals surface area contributed by atoms with E-state index >= 15 is 0 Å². The molecule has 35 heavy (non-hydrogen) atoms. The lowest BCUT2D eigenvalue weighted by Crippen LogP contribution is -2.67. The van der Waals surface area contributed by atoms with Gasteiger partial charge in [-0.15, -0.1) is 0 Å². The van der Waals surface area contributed by atoms with Gasteiger partial charge in [-0.1, -0.05) is 138 Å². The van der Waals surface area contributed by atoms with Gasteiger partial charge in [0.25, 0.3) is 8.32 Å². The summed E-state index contributed by atoms with van der Waals surface area (Å²) >= 11 is 0. The first-order valence-corrected chi connectivity index (χ1v) is 14.4. The van der Waals surface area contributed by atoms with Crippen molar-refractivity contribution in [3.63, 3.8) is 0 Å². The molecule has 0 amide bonds. The second-order valence-corrected chi connectivity index (χ2v) is 14.8. The second-order valence-electron chi connectivity index (χ2n) is 10.5. The van der Waals surface area contributed by atoms with Crippen LogP contribution in [-0.2, 0) is 4.43 Å². The highest BCUT2D eigenvalue weighted by Gasteiger charge is 2.50. The molecule has 0 fully saturated rings. The highest BCUT2D eigenvalue weighted by Crippen LogP contribution is 2.37. The quantitative estimate of drug-likeness (QED) is 0.293. The molecule has 2 N–H and O–H groups in total. The minimum Gasteiger partial charge on any atom is -0.407 e. The van der Waals surface area contributed by atoms with Gasteiger partial charge in [0, 0.05) is 18.4 Å². The van der Waals surface area contributed by atoms with Crippen molar-refractivity contribution in [1.29, 1.82) is 0 Å². The van der Waals surface area contributed by atoms with E-state index in [2.05, 4.69) is 69.3 Å². The van der Waals surface area contributed by atoms with Gasteiger partial charge < -0.3 is 14.6 Å². The number of hydrogen-bond acceptors (Lipinski definition) is 3. The highest BCUT2D eigenvalue weighted by molar-refractivity contribution is 6.99. The fraction of sp³-hybridized carbons (Fsp3) is 0.355. The molecule has 186 valence electrons. The van der Waals surface area contributed by atoms with Crippen molar-refractivity contribution in [3.8, 4) is 0 Å². The lowest BCUT2D eigenvalue weighted by Gasteiger charge is -2.44. The maximum absolute atomic E-state index is 11.1. The molecule has 3 aromatic rings. The molecule has 0 aromatic heterocycles. The smallest absolute Gasteiger partial charge is 0.261 e. The monoisotopic (exact) mass is 488 g/mol. The normalized spacial score (nSPS) is 16.1.